The Kier molecular flexibility index (Phi) is 0.762. The number of rotatable bonds is 1. The number of hydrogen-bond donors (Lipinski definition) is 0. The van der Waals surface area contributed by atoms with Gasteiger partial charge in [-0.05, 0) is 25.2 Å². The van der Waals surface area contributed by atoms with Crippen molar-refractivity contribution in [3.63, 3.8) is 0 Å². The fraction of sp³-hybridized carbons (Fsp3) is 1.00. The summed E-state index contributed by atoms with van der Waals surface area (Å²) in [5.41, 5.74) is 0.403. The second kappa shape index (κ2) is 1.27. The van der Waals surface area contributed by atoms with Crippen LogP contribution in [0.15, 0.2) is 0 Å². The Hall–Kier alpha value is -0.0400. The summed E-state index contributed by atoms with van der Waals surface area (Å²) in [7, 11) is 1.85. The largest absolute Gasteiger partial charge is 0.378 e. The number of fused-ring (bicyclic) bond motifs is 1. The van der Waals surface area contributed by atoms with Gasteiger partial charge >= 0.3 is 0 Å². The lowest BCUT2D eigenvalue weighted by molar-refractivity contribution is 0.0741. The molecule has 46 valence electrons. The molecule has 0 N–H and O–H groups in total. The minimum atomic E-state index is 0.403. The molecule has 0 bridgehead atoms. The number of hydrogen-bond acceptors (Lipinski definition) is 1. The van der Waals surface area contributed by atoms with Crippen LogP contribution in [0.3, 0.4) is 0 Å². The van der Waals surface area contributed by atoms with Crippen molar-refractivity contribution < 1.29 is 4.74 Å². The van der Waals surface area contributed by atoms with Crippen LogP contribution < -0.4 is 0 Å². The molecule has 0 spiro atoms. The summed E-state index contributed by atoms with van der Waals surface area (Å²) in [5, 5.41) is 0. The van der Waals surface area contributed by atoms with E-state index in [1.54, 1.807) is 0 Å². The van der Waals surface area contributed by atoms with Gasteiger partial charge in [0.25, 0.3) is 0 Å². The molecule has 0 amide bonds. The van der Waals surface area contributed by atoms with Crippen molar-refractivity contribution in [2.45, 2.75) is 31.3 Å². The molecule has 2 aliphatic carbocycles. The van der Waals surface area contributed by atoms with Crippen LogP contribution in [0, 0.1) is 5.92 Å². The molecule has 2 saturated carbocycles. The molecule has 0 aromatic carbocycles. The molecule has 0 aromatic heterocycles. The van der Waals surface area contributed by atoms with E-state index >= 15 is 0 Å². The first kappa shape index (κ1) is 4.80. The fourth-order valence-electron chi connectivity index (χ4n) is 2.03. The zero-order valence-electron chi connectivity index (χ0n) is 5.31. The van der Waals surface area contributed by atoms with E-state index in [4.69, 9.17) is 4.74 Å². The monoisotopic (exact) mass is 112 g/mol. The molecule has 8 heavy (non-hydrogen) atoms. The highest BCUT2D eigenvalue weighted by Gasteiger charge is 2.57. The Bertz CT molecular complexity index is 107. The molecule has 2 rings (SSSR count). The summed E-state index contributed by atoms with van der Waals surface area (Å²) < 4.78 is 5.37. The van der Waals surface area contributed by atoms with Gasteiger partial charge in [-0.15, -0.1) is 0 Å². The van der Waals surface area contributed by atoms with Crippen molar-refractivity contribution in [1.29, 1.82) is 0 Å². The predicted octanol–water partition coefficient (Wildman–Crippen LogP) is 1.58. The van der Waals surface area contributed by atoms with Crippen molar-refractivity contribution in [3.05, 3.63) is 0 Å². The van der Waals surface area contributed by atoms with Gasteiger partial charge in [-0.2, -0.15) is 0 Å². The van der Waals surface area contributed by atoms with Gasteiger partial charge in [-0.1, -0.05) is 6.42 Å². The smallest absolute Gasteiger partial charge is 0.0711 e. The highest BCUT2D eigenvalue weighted by molar-refractivity contribution is 5.08. The maximum Gasteiger partial charge on any atom is 0.0711 e. The van der Waals surface area contributed by atoms with Gasteiger partial charge in [0, 0.05) is 7.11 Å². The Balaban J connectivity index is 2.08. The van der Waals surface area contributed by atoms with Gasteiger partial charge in [0.15, 0.2) is 0 Å². The van der Waals surface area contributed by atoms with Crippen molar-refractivity contribution >= 4 is 0 Å². The normalized spacial score (nSPS) is 51.4. The van der Waals surface area contributed by atoms with E-state index in [2.05, 4.69) is 0 Å². The molecule has 1 nitrogen and oxygen atoms in total. The first-order valence-electron chi connectivity index (χ1n) is 3.42. The van der Waals surface area contributed by atoms with E-state index in [-0.39, 0.29) is 0 Å². The lowest BCUT2D eigenvalue weighted by atomic mass is 10.2. The third-order valence-electron chi connectivity index (χ3n) is 2.73. The summed E-state index contributed by atoms with van der Waals surface area (Å²) in [6.45, 7) is 0. The molecule has 2 unspecified atom stereocenters. The number of ether oxygens (including phenoxy) is 1. The van der Waals surface area contributed by atoms with E-state index in [0.29, 0.717) is 5.60 Å². The third kappa shape index (κ3) is 0.408. The van der Waals surface area contributed by atoms with Crippen LogP contribution in [0.5, 0.6) is 0 Å². The maximum absolute atomic E-state index is 5.37. The summed E-state index contributed by atoms with van der Waals surface area (Å²) >= 11 is 0. The van der Waals surface area contributed by atoms with E-state index in [1.165, 1.54) is 25.7 Å². The van der Waals surface area contributed by atoms with Gasteiger partial charge in [0.1, 0.15) is 0 Å². The van der Waals surface area contributed by atoms with Crippen molar-refractivity contribution in [3.8, 4) is 0 Å². The molecule has 0 saturated heterocycles. The Morgan fingerprint density at radius 1 is 1.62 bits per heavy atom. The van der Waals surface area contributed by atoms with Gasteiger partial charge in [-0.25, -0.2) is 0 Å². The van der Waals surface area contributed by atoms with Crippen LogP contribution in [0.25, 0.3) is 0 Å². The van der Waals surface area contributed by atoms with Crippen molar-refractivity contribution in [1.82, 2.24) is 0 Å². The molecule has 0 aliphatic heterocycles. The first-order valence-corrected chi connectivity index (χ1v) is 3.42. The molecular formula is C7H12O. The van der Waals surface area contributed by atoms with Gasteiger partial charge < -0.3 is 4.74 Å². The summed E-state index contributed by atoms with van der Waals surface area (Å²) in [6, 6.07) is 0. The van der Waals surface area contributed by atoms with Crippen LogP contribution in [-0.2, 0) is 4.74 Å². The fourth-order valence-corrected chi connectivity index (χ4v) is 2.03. The molecule has 2 aliphatic rings. The van der Waals surface area contributed by atoms with Gasteiger partial charge in [0.2, 0.25) is 0 Å². The lowest BCUT2D eigenvalue weighted by Crippen LogP contribution is -2.08. The molecular weight excluding hydrogens is 100 g/mol. The van der Waals surface area contributed by atoms with Crippen molar-refractivity contribution in [2.75, 3.05) is 7.11 Å². The molecule has 0 aromatic rings. The zero-order valence-corrected chi connectivity index (χ0v) is 5.31. The minimum Gasteiger partial charge on any atom is -0.378 e. The molecule has 2 atom stereocenters. The molecule has 0 heterocycles. The van der Waals surface area contributed by atoms with Crippen molar-refractivity contribution in [2.24, 2.45) is 5.92 Å². The number of methoxy groups -OCH3 is 1. The average molecular weight is 112 g/mol. The average Bonchev–Trinajstić information content (AvgIpc) is 2.38. The molecule has 0 radical (unpaired) electrons. The van der Waals surface area contributed by atoms with Gasteiger partial charge in [-0.3, -0.25) is 0 Å². The standard InChI is InChI=1S/C7H12O/c1-8-7-4-2-3-6(7)5-7/h6H,2-5H2,1H3. The Morgan fingerprint density at radius 3 is 2.75 bits per heavy atom. The van der Waals surface area contributed by atoms with E-state index in [9.17, 15) is 0 Å². The summed E-state index contributed by atoms with van der Waals surface area (Å²) in [5.74, 6) is 0.951. The second-order valence-corrected chi connectivity index (χ2v) is 3.06. The predicted molar refractivity (Wildman–Crippen MR) is 31.7 cm³/mol. The quantitative estimate of drug-likeness (QED) is 0.500. The topological polar surface area (TPSA) is 9.23 Å². The second-order valence-electron chi connectivity index (χ2n) is 3.06. The van der Waals surface area contributed by atoms with Gasteiger partial charge in [0.05, 0.1) is 5.60 Å². The van der Waals surface area contributed by atoms with Crippen LogP contribution in [0.4, 0.5) is 0 Å². The zero-order chi connectivity index (χ0) is 5.61. The van der Waals surface area contributed by atoms with Crippen LogP contribution in [-0.4, -0.2) is 12.7 Å². The maximum atomic E-state index is 5.37. The summed E-state index contributed by atoms with van der Waals surface area (Å²) in [6.07, 6.45) is 5.50. The Labute approximate surface area is 50.0 Å². The SMILES string of the molecule is COC12CCCC1C2. The van der Waals surface area contributed by atoms with Crippen LogP contribution in [0.2, 0.25) is 0 Å². The van der Waals surface area contributed by atoms with Crippen LogP contribution >= 0.6 is 0 Å². The highest BCUT2D eigenvalue weighted by atomic mass is 16.5. The Morgan fingerprint density at radius 2 is 2.50 bits per heavy atom. The first-order chi connectivity index (χ1) is 3.87. The lowest BCUT2D eigenvalue weighted by Gasteiger charge is -2.06. The third-order valence-corrected chi connectivity index (χ3v) is 2.73. The van der Waals surface area contributed by atoms with E-state index in [0.717, 1.165) is 5.92 Å². The minimum absolute atomic E-state index is 0.403. The summed E-state index contributed by atoms with van der Waals surface area (Å²) in [4.78, 5) is 0. The van der Waals surface area contributed by atoms with Crippen LogP contribution in [0.1, 0.15) is 25.7 Å². The molecule has 1 heteroatoms. The molecule has 2 fully saturated rings. The highest BCUT2D eigenvalue weighted by Crippen LogP contribution is 2.57. The van der Waals surface area contributed by atoms with E-state index in [1.807, 2.05) is 7.11 Å². The van der Waals surface area contributed by atoms with E-state index < -0.39 is 0 Å².